The Morgan fingerprint density at radius 3 is 2.35 bits per heavy atom. The molecule has 1 aromatic carbocycles. The van der Waals surface area contributed by atoms with E-state index in [1.807, 2.05) is 13.0 Å². The standard InChI is InChI=1S/C12H20N2O2S/c1-9(13)10-6-5-7-11(8-10)14-17(15,16)12(2,3)4/h5-9,14H,13H2,1-4H3. The molecule has 0 aliphatic rings. The Morgan fingerprint density at radius 2 is 1.88 bits per heavy atom. The van der Waals surface area contributed by atoms with Gasteiger partial charge < -0.3 is 5.73 Å². The van der Waals surface area contributed by atoms with Gasteiger partial charge in [-0.2, -0.15) is 0 Å². The molecule has 1 aromatic rings. The van der Waals surface area contributed by atoms with E-state index in [9.17, 15) is 8.42 Å². The lowest BCUT2D eigenvalue weighted by Gasteiger charge is -2.20. The Kier molecular flexibility index (Phi) is 3.84. The number of rotatable bonds is 3. The van der Waals surface area contributed by atoms with Crippen molar-refractivity contribution >= 4 is 15.7 Å². The highest BCUT2D eigenvalue weighted by atomic mass is 32.2. The predicted octanol–water partition coefficient (Wildman–Crippen LogP) is 2.25. The molecule has 0 amide bonds. The van der Waals surface area contributed by atoms with Crippen molar-refractivity contribution in [3.05, 3.63) is 29.8 Å². The molecule has 1 atom stereocenters. The Balaban J connectivity index is 3.01. The molecule has 96 valence electrons. The summed E-state index contributed by atoms with van der Waals surface area (Å²) in [5.74, 6) is 0. The quantitative estimate of drug-likeness (QED) is 0.871. The Hall–Kier alpha value is -1.07. The number of benzene rings is 1. The van der Waals surface area contributed by atoms with E-state index in [-0.39, 0.29) is 6.04 Å². The first-order valence-electron chi connectivity index (χ1n) is 5.51. The third kappa shape index (κ3) is 3.44. The lowest BCUT2D eigenvalue weighted by Crippen LogP contribution is -2.33. The van der Waals surface area contributed by atoms with Gasteiger partial charge in [-0.05, 0) is 45.4 Å². The van der Waals surface area contributed by atoms with Crippen LogP contribution in [0.5, 0.6) is 0 Å². The zero-order valence-corrected chi connectivity index (χ0v) is 11.5. The van der Waals surface area contributed by atoms with Gasteiger partial charge in [0, 0.05) is 11.7 Å². The van der Waals surface area contributed by atoms with Crippen LogP contribution in [-0.2, 0) is 10.0 Å². The molecule has 5 heteroatoms. The maximum atomic E-state index is 12.0. The minimum atomic E-state index is -3.38. The summed E-state index contributed by atoms with van der Waals surface area (Å²) in [6.07, 6.45) is 0. The first kappa shape index (κ1) is 14.0. The summed E-state index contributed by atoms with van der Waals surface area (Å²) in [6.45, 7) is 6.83. The molecule has 4 nitrogen and oxygen atoms in total. The largest absolute Gasteiger partial charge is 0.324 e. The summed E-state index contributed by atoms with van der Waals surface area (Å²) in [7, 11) is -3.38. The van der Waals surface area contributed by atoms with Crippen molar-refractivity contribution in [1.29, 1.82) is 0 Å². The van der Waals surface area contributed by atoms with Crippen LogP contribution >= 0.6 is 0 Å². The average Bonchev–Trinajstić information content (AvgIpc) is 2.15. The van der Waals surface area contributed by atoms with Gasteiger partial charge in [0.05, 0.1) is 4.75 Å². The lowest BCUT2D eigenvalue weighted by molar-refractivity contribution is 0.566. The number of nitrogens with one attached hydrogen (secondary N) is 1. The van der Waals surface area contributed by atoms with Crippen molar-refractivity contribution in [3.63, 3.8) is 0 Å². The van der Waals surface area contributed by atoms with E-state index in [1.54, 1.807) is 39.0 Å². The topological polar surface area (TPSA) is 72.2 Å². The highest BCUT2D eigenvalue weighted by Gasteiger charge is 2.28. The summed E-state index contributed by atoms with van der Waals surface area (Å²) in [6, 6.07) is 7.02. The van der Waals surface area contributed by atoms with Crippen molar-refractivity contribution in [2.75, 3.05) is 4.72 Å². The highest BCUT2D eigenvalue weighted by molar-refractivity contribution is 7.94. The second kappa shape index (κ2) is 4.66. The van der Waals surface area contributed by atoms with Gasteiger partial charge in [0.25, 0.3) is 0 Å². The van der Waals surface area contributed by atoms with E-state index in [1.165, 1.54) is 0 Å². The Morgan fingerprint density at radius 1 is 1.29 bits per heavy atom. The second-order valence-electron chi connectivity index (χ2n) is 5.13. The van der Waals surface area contributed by atoms with E-state index < -0.39 is 14.8 Å². The summed E-state index contributed by atoms with van der Waals surface area (Å²) < 4.78 is 25.7. The number of nitrogens with two attached hydrogens (primary N) is 1. The van der Waals surface area contributed by atoms with Gasteiger partial charge in [-0.3, -0.25) is 4.72 Å². The van der Waals surface area contributed by atoms with E-state index in [0.717, 1.165) is 5.56 Å². The van der Waals surface area contributed by atoms with Crippen molar-refractivity contribution in [3.8, 4) is 0 Å². The van der Waals surface area contributed by atoms with Crippen LogP contribution in [0.1, 0.15) is 39.3 Å². The number of sulfonamides is 1. The minimum Gasteiger partial charge on any atom is -0.324 e. The monoisotopic (exact) mass is 256 g/mol. The van der Waals surface area contributed by atoms with Crippen molar-refractivity contribution in [2.45, 2.75) is 38.5 Å². The molecule has 0 bridgehead atoms. The van der Waals surface area contributed by atoms with Crippen LogP contribution < -0.4 is 10.5 Å². The molecule has 0 saturated heterocycles. The molecule has 0 heterocycles. The van der Waals surface area contributed by atoms with Crippen LogP contribution in [0.2, 0.25) is 0 Å². The average molecular weight is 256 g/mol. The maximum absolute atomic E-state index is 12.0. The summed E-state index contributed by atoms with van der Waals surface area (Å²) in [5.41, 5.74) is 7.21. The van der Waals surface area contributed by atoms with E-state index in [4.69, 9.17) is 5.73 Å². The predicted molar refractivity (Wildman–Crippen MR) is 71.3 cm³/mol. The molecule has 0 aromatic heterocycles. The molecule has 3 N–H and O–H groups in total. The van der Waals surface area contributed by atoms with Crippen LogP contribution in [-0.4, -0.2) is 13.2 Å². The van der Waals surface area contributed by atoms with Crippen LogP contribution in [0.4, 0.5) is 5.69 Å². The Bertz CT molecular complexity index is 487. The number of hydrogen-bond acceptors (Lipinski definition) is 3. The van der Waals surface area contributed by atoms with Gasteiger partial charge in [-0.25, -0.2) is 8.42 Å². The third-order valence-corrected chi connectivity index (χ3v) is 4.59. The van der Waals surface area contributed by atoms with Crippen molar-refractivity contribution in [1.82, 2.24) is 0 Å². The van der Waals surface area contributed by atoms with Crippen LogP contribution in [0.3, 0.4) is 0 Å². The molecule has 0 fully saturated rings. The molecule has 0 radical (unpaired) electrons. The first-order chi connectivity index (χ1) is 7.63. The van der Waals surface area contributed by atoms with Crippen molar-refractivity contribution < 1.29 is 8.42 Å². The van der Waals surface area contributed by atoms with Gasteiger partial charge in [-0.1, -0.05) is 12.1 Å². The third-order valence-electron chi connectivity index (χ3n) is 2.47. The zero-order chi connectivity index (χ0) is 13.3. The zero-order valence-electron chi connectivity index (χ0n) is 10.7. The Labute approximate surface area is 103 Å². The van der Waals surface area contributed by atoms with Gasteiger partial charge >= 0.3 is 0 Å². The molecule has 1 rings (SSSR count). The maximum Gasteiger partial charge on any atom is 0.237 e. The fourth-order valence-corrected chi connectivity index (χ4v) is 1.94. The van der Waals surface area contributed by atoms with Gasteiger partial charge in [0.2, 0.25) is 10.0 Å². The van der Waals surface area contributed by atoms with Crippen LogP contribution in [0, 0.1) is 0 Å². The van der Waals surface area contributed by atoms with Crippen LogP contribution in [0.25, 0.3) is 0 Å². The first-order valence-corrected chi connectivity index (χ1v) is 7.00. The van der Waals surface area contributed by atoms with E-state index in [2.05, 4.69) is 4.72 Å². The molecule has 0 spiro atoms. The molecule has 0 aliphatic heterocycles. The number of hydrogen-bond donors (Lipinski definition) is 2. The number of anilines is 1. The lowest BCUT2D eigenvalue weighted by atomic mass is 10.1. The molecule has 0 aliphatic carbocycles. The fraction of sp³-hybridized carbons (Fsp3) is 0.500. The molecule has 1 unspecified atom stereocenters. The highest BCUT2D eigenvalue weighted by Crippen LogP contribution is 2.21. The van der Waals surface area contributed by atoms with Gasteiger partial charge in [-0.15, -0.1) is 0 Å². The van der Waals surface area contributed by atoms with E-state index in [0.29, 0.717) is 5.69 Å². The summed E-state index contributed by atoms with van der Waals surface area (Å²) in [4.78, 5) is 0. The fourth-order valence-electron chi connectivity index (χ4n) is 1.19. The van der Waals surface area contributed by atoms with Crippen LogP contribution in [0.15, 0.2) is 24.3 Å². The van der Waals surface area contributed by atoms with Gasteiger partial charge in [0.1, 0.15) is 0 Å². The van der Waals surface area contributed by atoms with Gasteiger partial charge in [0.15, 0.2) is 0 Å². The smallest absolute Gasteiger partial charge is 0.237 e. The minimum absolute atomic E-state index is 0.117. The summed E-state index contributed by atoms with van der Waals surface area (Å²) >= 11 is 0. The SMILES string of the molecule is CC(N)c1cccc(NS(=O)(=O)C(C)(C)C)c1. The molecular formula is C12H20N2O2S. The normalized spacial score (nSPS) is 14.4. The van der Waals surface area contributed by atoms with Crippen molar-refractivity contribution in [2.24, 2.45) is 5.73 Å². The molecule has 17 heavy (non-hydrogen) atoms. The van der Waals surface area contributed by atoms with E-state index >= 15 is 0 Å². The summed E-state index contributed by atoms with van der Waals surface area (Å²) in [5, 5.41) is 0. The molecular weight excluding hydrogens is 236 g/mol. The molecule has 0 saturated carbocycles. The second-order valence-corrected chi connectivity index (χ2v) is 7.57.